The van der Waals surface area contributed by atoms with Crippen LogP contribution in [0, 0.1) is 0 Å². The van der Waals surface area contributed by atoms with Crippen molar-refractivity contribution in [2.45, 2.75) is 12.7 Å². The maximum Gasteiger partial charge on any atom is 0.416 e. The minimum absolute atomic E-state index is 0.302. The average molecular weight is 404 g/mol. The van der Waals surface area contributed by atoms with Crippen LogP contribution in [0.25, 0.3) is 0 Å². The Hall–Kier alpha value is -1.77. The molecule has 1 aromatic carbocycles. The van der Waals surface area contributed by atoms with Crippen molar-refractivity contribution in [1.29, 1.82) is 0 Å². The molecule has 0 bridgehead atoms. The number of amides is 2. The highest BCUT2D eigenvalue weighted by molar-refractivity contribution is 7.16. The topological polar surface area (TPSA) is 35.6 Å². The lowest BCUT2D eigenvalue weighted by Gasteiger charge is -2.34. The first-order valence-electron chi connectivity index (χ1n) is 8.01. The van der Waals surface area contributed by atoms with Gasteiger partial charge in [-0.25, -0.2) is 4.79 Å². The summed E-state index contributed by atoms with van der Waals surface area (Å²) in [5.41, 5.74) is -0.392. The largest absolute Gasteiger partial charge is 0.416 e. The van der Waals surface area contributed by atoms with Crippen LogP contribution in [0.4, 0.5) is 23.7 Å². The van der Waals surface area contributed by atoms with E-state index >= 15 is 0 Å². The molecule has 26 heavy (non-hydrogen) atoms. The van der Waals surface area contributed by atoms with E-state index in [1.54, 1.807) is 16.2 Å². The molecule has 1 fully saturated rings. The maximum absolute atomic E-state index is 12.6. The van der Waals surface area contributed by atoms with E-state index in [0.717, 1.165) is 36.1 Å². The lowest BCUT2D eigenvalue weighted by atomic mass is 10.2. The molecule has 3 rings (SSSR count). The van der Waals surface area contributed by atoms with Gasteiger partial charge in [0.1, 0.15) is 0 Å². The van der Waals surface area contributed by atoms with E-state index in [1.165, 1.54) is 17.0 Å². The van der Waals surface area contributed by atoms with E-state index in [9.17, 15) is 18.0 Å². The van der Waals surface area contributed by atoms with Crippen molar-refractivity contribution in [1.82, 2.24) is 9.80 Å². The quantitative estimate of drug-likeness (QED) is 0.801. The van der Waals surface area contributed by atoms with Crippen molar-refractivity contribution in [3.63, 3.8) is 0 Å². The highest BCUT2D eigenvalue weighted by Gasteiger charge is 2.30. The van der Waals surface area contributed by atoms with Crippen LogP contribution >= 0.6 is 22.9 Å². The van der Waals surface area contributed by atoms with Crippen LogP contribution < -0.4 is 5.32 Å². The number of nitrogens with zero attached hydrogens (tertiary/aromatic N) is 2. The van der Waals surface area contributed by atoms with Crippen molar-refractivity contribution in [2.75, 3.05) is 31.5 Å². The Morgan fingerprint density at radius 3 is 2.27 bits per heavy atom. The minimum atomic E-state index is -4.38. The molecule has 1 saturated heterocycles. The monoisotopic (exact) mass is 403 g/mol. The van der Waals surface area contributed by atoms with Crippen LogP contribution in [-0.2, 0) is 12.7 Å². The number of nitrogens with one attached hydrogen (secondary N) is 1. The smallest absolute Gasteiger partial charge is 0.322 e. The molecular weight excluding hydrogens is 387 g/mol. The zero-order valence-corrected chi connectivity index (χ0v) is 15.3. The predicted molar refractivity (Wildman–Crippen MR) is 96.6 cm³/mol. The van der Waals surface area contributed by atoms with Crippen LogP contribution in [0.15, 0.2) is 36.4 Å². The molecule has 2 aromatic rings. The van der Waals surface area contributed by atoms with E-state index in [1.807, 2.05) is 12.1 Å². The van der Waals surface area contributed by atoms with Crippen molar-refractivity contribution in [3.05, 3.63) is 51.2 Å². The molecule has 1 aliphatic rings. The SMILES string of the molecule is O=C(Nc1ccc(C(F)(F)F)cc1)N1CCN(Cc2ccc(Cl)s2)CC1. The summed E-state index contributed by atoms with van der Waals surface area (Å²) >= 11 is 7.47. The van der Waals surface area contributed by atoms with Crippen LogP contribution in [0.3, 0.4) is 0 Å². The second-order valence-corrected chi connectivity index (χ2v) is 7.77. The minimum Gasteiger partial charge on any atom is -0.322 e. The number of urea groups is 1. The molecule has 0 spiro atoms. The van der Waals surface area contributed by atoms with Crippen molar-refractivity contribution >= 4 is 34.7 Å². The summed E-state index contributed by atoms with van der Waals surface area (Å²) in [7, 11) is 0. The fourth-order valence-electron chi connectivity index (χ4n) is 2.71. The van der Waals surface area contributed by atoms with Gasteiger partial charge in [-0.05, 0) is 36.4 Å². The summed E-state index contributed by atoms with van der Waals surface area (Å²) in [4.78, 5) is 17.4. The van der Waals surface area contributed by atoms with Gasteiger partial charge in [0.2, 0.25) is 0 Å². The summed E-state index contributed by atoms with van der Waals surface area (Å²) in [6, 6.07) is 8.00. The number of thiophene rings is 1. The molecule has 0 saturated carbocycles. The van der Waals surface area contributed by atoms with Gasteiger partial charge < -0.3 is 10.2 Å². The summed E-state index contributed by atoms with van der Waals surface area (Å²) < 4.78 is 38.4. The Bertz CT molecular complexity index is 755. The maximum atomic E-state index is 12.6. The Kier molecular flexibility index (Phi) is 5.74. The third-order valence-corrected chi connectivity index (χ3v) is 5.35. The zero-order valence-electron chi connectivity index (χ0n) is 13.7. The Morgan fingerprint density at radius 1 is 1.08 bits per heavy atom. The fourth-order valence-corrected chi connectivity index (χ4v) is 3.84. The molecule has 2 heterocycles. The number of carbonyl (C=O) groups is 1. The first-order valence-corrected chi connectivity index (χ1v) is 9.20. The van der Waals surface area contributed by atoms with Gasteiger partial charge in [0.05, 0.1) is 9.90 Å². The number of hydrogen-bond donors (Lipinski definition) is 1. The molecule has 1 aromatic heterocycles. The van der Waals surface area contributed by atoms with Crippen LogP contribution in [0.5, 0.6) is 0 Å². The zero-order chi connectivity index (χ0) is 18.7. The number of anilines is 1. The summed E-state index contributed by atoms with van der Waals surface area (Å²) in [5, 5.41) is 2.64. The normalized spacial score (nSPS) is 15.9. The summed E-state index contributed by atoms with van der Waals surface area (Å²) in [5.74, 6) is 0. The Morgan fingerprint density at radius 2 is 1.73 bits per heavy atom. The molecular formula is C17H17ClF3N3OS. The molecule has 4 nitrogen and oxygen atoms in total. The van der Waals surface area contributed by atoms with Crippen molar-refractivity contribution in [3.8, 4) is 0 Å². The van der Waals surface area contributed by atoms with Crippen molar-refractivity contribution < 1.29 is 18.0 Å². The van der Waals surface area contributed by atoms with Gasteiger partial charge in [0.15, 0.2) is 0 Å². The van der Waals surface area contributed by atoms with E-state index in [4.69, 9.17) is 11.6 Å². The molecule has 1 N–H and O–H groups in total. The highest BCUT2D eigenvalue weighted by Crippen LogP contribution is 2.30. The third-order valence-electron chi connectivity index (χ3n) is 4.13. The molecule has 0 unspecified atom stereocenters. The molecule has 9 heteroatoms. The summed E-state index contributed by atoms with van der Waals surface area (Å²) in [6.45, 7) is 3.38. The van der Waals surface area contributed by atoms with Gasteiger partial charge in [-0.15, -0.1) is 11.3 Å². The first kappa shape index (κ1) is 19.0. The first-order chi connectivity index (χ1) is 12.3. The Balaban J connectivity index is 1.49. The van der Waals surface area contributed by atoms with Gasteiger partial charge in [-0.1, -0.05) is 11.6 Å². The van der Waals surface area contributed by atoms with Gasteiger partial charge >= 0.3 is 12.2 Å². The lowest BCUT2D eigenvalue weighted by molar-refractivity contribution is -0.137. The number of rotatable bonds is 3. The van der Waals surface area contributed by atoms with Gasteiger partial charge in [-0.2, -0.15) is 13.2 Å². The van der Waals surface area contributed by atoms with E-state index in [2.05, 4.69) is 10.2 Å². The molecule has 140 valence electrons. The summed E-state index contributed by atoms with van der Waals surface area (Å²) in [6.07, 6.45) is -4.38. The lowest BCUT2D eigenvalue weighted by Crippen LogP contribution is -2.49. The number of halogens is 4. The second kappa shape index (κ2) is 7.85. The number of piperazine rings is 1. The van der Waals surface area contributed by atoms with Crippen LogP contribution in [0.1, 0.15) is 10.4 Å². The van der Waals surface area contributed by atoms with Crippen LogP contribution in [-0.4, -0.2) is 42.0 Å². The standard InChI is InChI=1S/C17H17ClF3N3OS/c18-15-6-5-14(26-15)11-23-7-9-24(10-8-23)16(25)22-13-3-1-12(2-4-13)17(19,20)21/h1-6H,7-11H2,(H,22,25). The predicted octanol–water partition coefficient (Wildman–Crippen LogP) is 4.77. The van der Waals surface area contributed by atoms with E-state index in [-0.39, 0.29) is 6.03 Å². The highest BCUT2D eigenvalue weighted by atomic mass is 35.5. The number of alkyl halides is 3. The average Bonchev–Trinajstić information content (AvgIpc) is 3.00. The number of hydrogen-bond acceptors (Lipinski definition) is 3. The molecule has 0 aliphatic carbocycles. The third kappa shape index (κ3) is 4.90. The van der Waals surface area contributed by atoms with Gasteiger partial charge in [0.25, 0.3) is 0 Å². The Labute approximate surface area is 158 Å². The van der Waals surface area contributed by atoms with Gasteiger partial charge in [-0.3, -0.25) is 4.90 Å². The number of benzene rings is 1. The van der Waals surface area contributed by atoms with E-state index < -0.39 is 11.7 Å². The number of carbonyl (C=O) groups excluding carboxylic acids is 1. The second-order valence-electron chi connectivity index (χ2n) is 5.97. The van der Waals surface area contributed by atoms with E-state index in [0.29, 0.717) is 18.8 Å². The van der Waals surface area contributed by atoms with Crippen molar-refractivity contribution in [2.24, 2.45) is 0 Å². The molecule has 0 radical (unpaired) electrons. The van der Waals surface area contributed by atoms with Crippen LogP contribution in [0.2, 0.25) is 4.34 Å². The van der Waals surface area contributed by atoms with Gasteiger partial charge in [0, 0.05) is 43.3 Å². The molecule has 1 aliphatic heterocycles. The molecule has 0 atom stereocenters. The fraction of sp³-hybridized carbons (Fsp3) is 0.353. The molecule has 2 amide bonds.